The number of fused-ring (bicyclic) bond motifs is 2. The number of hydrogen-bond donors (Lipinski definition) is 3. The topological polar surface area (TPSA) is 70.2 Å². The lowest BCUT2D eigenvalue weighted by molar-refractivity contribution is -0.122. The van der Waals surface area contributed by atoms with Gasteiger partial charge in [-0.05, 0) is 56.4 Å². The van der Waals surface area contributed by atoms with E-state index in [4.69, 9.17) is 11.6 Å². The van der Waals surface area contributed by atoms with Crippen LogP contribution in [0.25, 0.3) is 0 Å². The number of hydrogen-bond acceptors (Lipinski definition) is 3. The van der Waals surface area contributed by atoms with Crippen molar-refractivity contribution in [1.82, 2.24) is 16.0 Å². The van der Waals surface area contributed by atoms with Crippen molar-refractivity contribution in [2.45, 2.75) is 56.7 Å². The van der Waals surface area contributed by atoms with Crippen LogP contribution in [0, 0.1) is 0 Å². The Kier molecular flexibility index (Phi) is 5.74. The highest BCUT2D eigenvalue weighted by Gasteiger charge is 2.33. The van der Waals surface area contributed by atoms with Crippen LogP contribution in [0.15, 0.2) is 24.3 Å². The maximum Gasteiger partial charge on any atom is 0.251 e. The first-order valence-electron chi connectivity index (χ1n) is 8.69. The lowest BCUT2D eigenvalue weighted by Gasteiger charge is -2.29. The summed E-state index contributed by atoms with van der Waals surface area (Å²) >= 11 is 5.80. The van der Waals surface area contributed by atoms with Crippen molar-refractivity contribution < 1.29 is 9.59 Å². The average molecular weight is 350 g/mol. The second kappa shape index (κ2) is 7.99. The predicted octanol–water partition coefficient (Wildman–Crippen LogP) is 2.25. The third-order valence-electron chi connectivity index (χ3n) is 4.81. The van der Waals surface area contributed by atoms with Crippen molar-refractivity contribution in [1.29, 1.82) is 0 Å². The van der Waals surface area contributed by atoms with E-state index in [0.29, 0.717) is 48.1 Å². The highest BCUT2D eigenvalue weighted by atomic mass is 35.5. The molecule has 1 aromatic rings. The molecule has 2 amide bonds. The molecule has 2 aliphatic heterocycles. The van der Waals surface area contributed by atoms with Crippen LogP contribution in [-0.4, -0.2) is 36.5 Å². The Morgan fingerprint density at radius 2 is 1.79 bits per heavy atom. The molecule has 0 radical (unpaired) electrons. The number of benzene rings is 1. The van der Waals surface area contributed by atoms with Crippen molar-refractivity contribution >= 4 is 23.4 Å². The summed E-state index contributed by atoms with van der Waals surface area (Å²) in [5.41, 5.74) is 0.578. The third kappa shape index (κ3) is 4.71. The molecule has 2 bridgehead atoms. The maximum atomic E-state index is 12.0. The Morgan fingerprint density at radius 3 is 2.46 bits per heavy atom. The lowest BCUT2D eigenvalue weighted by atomic mass is 9.99. The summed E-state index contributed by atoms with van der Waals surface area (Å²) < 4.78 is 0. The van der Waals surface area contributed by atoms with Crippen molar-refractivity contribution in [3.8, 4) is 0 Å². The molecule has 5 nitrogen and oxygen atoms in total. The fraction of sp³-hybridized carbons (Fsp3) is 0.556. The van der Waals surface area contributed by atoms with Gasteiger partial charge in [-0.1, -0.05) is 11.6 Å². The zero-order chi connectivity index (χ0) is 16.9. The minimum atomic E-state index is -0.137. The van der Waals surface area contributed by atoms with Gasteiger partial charge in [0, 0.05) is 41.7 Å². The van der Waals surface area contributed by atoms with E-state index in [2.05, 4.69) is 16.0 Å². The van der Waals surface area contributed by atoms with Gasteiger partial charge in [0.05, 0.1) is 0 Å². The second-order valence-corrected chi connectivity index (χ2v) is 7.18. The SMILES string of the molecule is O=C(CCCNC(=O)c1ccc(Cl)cc1)NC1CC2CCC(C1)N2. The maximum absolute atomic E-state index is 12.0. The minimum Gasteiger partial charge on any atom is -0.353 e. The van der Waals surface area contributed by atoms with Crippen LogP contribution in [0.1, 0.15) is 48.9 Å². The number of piperidine rings is 1. The van der Waals surface area contributed by atoms with Crippen molar-refractivity contribution in [2.24, 2.45) is 0 Å². The predicted molar refractivity (Wildman–Crippen MR) is 94.1 cm³/mol. The van der Waals surface area contributed by atoms with Crippen LogP contribution in [0.5, 0.6) is 0 Å². The molecular formula is C18H24ClN3O2. The van der Waals surface area contributed by atoms with Gasteiger partial charge >= 0.3 is 0 Å². The van der Waals surface area contributed by atoms with Gasteiger partial charge in [0.1, 0.15) is 0 Å². The van der Waals surface area contributed by atoms with Crippen LogP contribution >= 0.6 is 11.6 Å². The standard InChI is InChI=1S/C18H24ClN3O2/c19-13-5-3-12(4-6-13)18(24)20-9-1-2-17(23)22-16-10-14-7-8-15(11-16)21-14/h3-6,14-16,21H,1-2,7-11H2,(H,20,24)(H,22,23). The van der Waals surface area contributed by atoms with E-state index in [1.54, 1.807) is 24.3 Å². The number of amides is 2. The first kappa shape index (κ1) is 17.2. The summed E-state index contributed by atoms with van der Waals surface area (Å²) in [6.45, 7) is 0.492. The molecule has 24 heavy (non-hydrogen) atoms. The normalized spacial score (nSPS) is 25.3. The molecule has 2 heterocycles. The average Bonchev–Trinajstić information content (AvgIpc) is 2.90. The van der Waals surface area contributed by atoms with E-state index >= 15 is 0 Å². The van der Waals surface area contributed by atoms with Crippen molar-refractivity contribution in [3.63, 3.8) is 0 Å². The molecule has 0 spiro atoms. The Hall–Kier alpha value is -1.59. The molecule has 130 valence electrons. The summed E-state index contributed by atoms with van der Waals surface area (Å²) in [6.07, 6.45) is 5.62. The number of rotatable bonds is 6. The van der Waals surface area contributed by atoms with Crippen LogP contribution in [0.2, 0.25) is 5.02 Å². The molecule has 2 atom stereocenters. The number of nitrogens with one attached hydrogen (secondary N) is 3. The van der Waals surface area contributed by atoms with Gasteiger partial charge in [-0.2, -0.15) is 0 Å². The van der Waals surface area contributed by atoms with Gasteiger partial charge in [0.15, 0.2) is 0 Å². The monoisotopic (exact) mass is 349 g/mol. The van der Waals surface area contributed by atoms with E-state index < -0.39 is 0 Å². The Bertz CT molecular complexity index is 578. The van der Waals surface area contributed by atoms with E-state index in [1.165, 1.54) is 12.8 Å². The van der Waals surface area contributed by atoms with Crippen LogP contribution in [0.4, 0.5) is 0 Å². The molecule has 0 aliphatic carbocycles. The fourth-order valence-corrected chi connectivity index (χ4v) is 3.76. The van der Waals surface area contributed by atoms with Gasteiger partial charge in [0.2, 0.25) is 5.91 Å². The number of carbonyl (C=O) groups is 2. The van der Waals surface area contributed by atoms with Crippen LogP contribution in [0.3, 0.4) is 0 Å². The van der Waals surface area contributed by atoms with Crippen LogP contribution in [-0.2, 0) is 4.79 Å². The summed E-state index contributed by atoms with van der Waals surface area (Å²) in [5.74, 6) is -0.0518. The summed E-state index contributed by atoms with van der Waals surface area (Å²) in [6, 6.07) is 8.22. The van der Waals surface area contributed by atoms with E-state index in [1.807, 2.05) is 0 Å². The fourth-order valence-electron chi connectivity index (χ4n) is 3.63. The van der Waals surface area contributed by atoms with Crippen molar-refractivity contribution in [2.75, 3.05) is 6.54 Å². The molecule has 3 rings (SSSR count). The Balaban J connectivity index is 1.32. The third-order valence-corrected chi connectivity index (χ3v) is 5.06. The first-order chi connectivity index (χ1) is 11.6. The molecule has 0 aromatic heterocycles. The zero-order valence-corrected chi connectivity index (χ0v) is 14.4. The first-order valence-corrected chi connectivity index (χ1v) is 9.07. The van der Waals surface area contributed by atoms with E-state index in [-0.39, 0.29) is 11.8 Å². The highest BCUT2D eigenvalue weighted by Crippen LogP contribution is 2.26. The molecule has 2 saturated heterocycles. The van der Waals surface area contributed by atoms with Gasteiger partial charge < -0.3 is 16.0 Å². The van der Waals surface area contributed by atoms with Gasteiger partial charge in [-0.3, -0.25) is 9.59 Å². The smallest absolute Gasteiger partial charge is 0.251 e. The molecule has 2 aliphatic rings. The zero-order valence-electron chi connectivity index (χ0n) is 13.7. The summed E-state index contributed by atoms with van der Waals surface area (Å²) in [4.78, 5) is 24.0. The lowest BCUT2D eigenvalue weighted by Crippen LogP contribution is -2.48. The molecular weight excluding hydrogens is 326 g/mol. The molecule has 1 aromatic carbocycles. The van der Waals surface area contributed by atoms with Gasteiger partial charge in [-0.25, -0.2) is 0 Å². The highest BCUT2D eigenvalue weighted by molar-refractivity contribution is 6.30. The molecule has 0 saturated carbocycles. The Morgan fingerprint density at radius 1 is 1.12 bits per heavy atom. The summed E-state index contributed by atoms with van der Waals surface area (Å²) in [7, 11) is 0. The Labute approximate surface area is 147 Å². The molecule has 2 fully saturated rings. The summed E-state index contributed by atoms with van der Waals surface area (Å²) in [5, 5.41) is 10.1. The van der Waals surface area contributed by atoms with Gasteiger partial charge in [0.25, 0.3) is 5.91 Å². The van der Waals surface area contributed by atoms with E-state index in [0.717, 1.165) is 12.8 Å². The quantitative estimate of drug-likeness (QED) is 0.690. The molecule has 3 N–H and O–H groups in total. The number of halogens is 1. The molecule has 2 unspecified atom stereocenters. The second-order valence-electron chi connectivity index (χ2n) is 6.74. The van der Waals surface area contributed by atoms with Crippen LogP contribution < -0.4 is 16.0 Å². The largest absolute Gasteiger partial charge is 0.353 e. The number of carbonyl (C=O) groups excluding carboxylic acids is 2. The molecule has 6 heteroatoms. The van der Waals surface area contributed by atoms with E-state index in [9.17, 15) is 9.59 Å². The van der Waals surface area contributed by atoms with Gasteiger partial charge in [-0.15, -0.1) is 0 Å². The van der Waals surface area contributed by atoms with Crippen molar-refractivity contribution in [3.05, 3.63) is 34.9 Å². The minimum absolute atomic E-state index is 0.0852.